The Labute approximate surface area is 219 Å². The Balaban J connectivity index is 1.35. The van der Waals surface area contributed by atoms with Crippen molar-refractivity contribution in [2.75, 3.05) is 63.8 Å². The summed E-state index contributed by atoms with van der Waals surface area (Å²) in [5.41, 5.74) is 1.54. The van der Waals surface area contributed by atoms with E-state index in [0.717, 1.165) is 0 Å². The minimum Gasteiger partial charge on any atom is -0.497 e. The van der Waals surface area contributed by atoms with Gasteiger partial charge in [0, 0.05) is 50.9 Å². The van der Waals surface area contributed by atoms with E-state index in [0.29, 0.717) is 67.2 Å². The minimum absolute atomic E-state index is 0.165. The van der Waals surface area contributed by atoms with Crippen molar-refractivity contribution in [2.45, 2.75) is 6.54 Å². The highest BCUT2D eigenvalue weighted by atomic mass is 32.1. The Kier molecular flexibility index (Phi) is 8.91. The molecule has 37 heavy (non-hydrogen) atoms. The third-order valence-electron chi connectivity index (χ3n) is 6.05. The van der Waals surface area contributed by atoms with Crippen LogP contribution in [0.3, 0.4) is 0 Å². The highest BCUT2D eigenvalue weighted by molar-refractivity contribution is 7.09. The van der Waals surface area contributed by atoms with Crippen molar-refractivity contribution >= 4 is 34.6 Å². The van der Waals surface area contributed by atoms with Crippen LogP contribution in [0.25, 0.3) is 0 Å². The molecule has 11 heteroatoms. The van der Waals surface area contributed by atoms with Crippen LogP contribution in [0.1, 0.15) is 15.5 Å². The van der Waals surface area contributed by atoms with Crippen LogP contribution in [-0.2, 0) is 11.3 Å². The molecule has 0 aliphatic carbocycles. The number of nitrogens with zero attached hydrogens (tertiary/aromatic N) is 4. The van der Waals surface area contributed by atoms with Crippen molar-refractivity contribution in [3.05, 3.63) is 70.4 Å². The first kappa shape index (κ1) is 26.4. The first-order valence-electron chi connectivity index (χ1n) is 11.9. The van der Waals surface area contributed by atoms with Gasteiger partial charge in [-0.25, -0.2) is 14.2 Å². The first-order valence-corrected chi connectivity index (χ1v) is 12.8. The maximum Gasteiger partial charge on any atom is 0.322 e. The fraction of sp³-hybridized carbons (Fsp3) is 0.346. The van der Waals surface area contributed by atoms with Crippen molar-refractivity contribution < 1.29 is 23.5 Å². The van der Waals surface area contributed by atoms with E-state index in [1.807, 2.05) is 4.90 Å². The lowest BCUT2D eigenvalue weighted by atomic mass is 10.2. The number of piperazine rings is 1. The molecule has 0 unspecified atom stereocenters. The fourth-order valence-electron chi connectivity index (χ4n) is 4.00. The molecule has 1 saturated heterocycles. The Morgan fingerprint density at radius 1 is 1.08 bits per heavy atom. The second-order valence-electron chi connectivity index (χ2n) is 8.43. The number of carbonyl (C=O) groups excluding carboxylic acids is 2. The zero-order valence-electron chi connectivity index (χ0n) is 20.9. The zero-order valence-corrected chi connectivity index (χ0v) is 21.7. The van der Waals surface area contributed by atoms with Crippen LogP contribution >= 0.6 is 11.3 Å². The number of carbonyl (C=O) groups is 2. The third-order valence-corrected chi connectivity index (χ3v) is 6.88. The second-order valence-corrected chi connectivity index (χ2v) is 9.37. The van der Waals surface area contributed by atoms with E-state index in [1.165, 1.54) is 17.4 Å². The molecule has 1 aliphatic heterocycles. The summed E-state index contributed by atoms with van der Waals surface area (Å²) < 4.78 is 24.4. The number of hydrogen-bond acceptors (Lipinski definition) is 7. The predicted octanol–water partition coefficient (Wildman–Crippen LogP) is 3.93. The molecule has 1 N–H and O–H groups in total. The number of methoxy groups -OCH3 is 2. The highest BCUT2D eigenvalue weighted by Crippen LogP contribution is 2.22. The average Bonchev–Trinajstić information content (AvgIpc) is 3.40. The third kappa shape index (κ3) is 6.75. The number of ether oxygens (including phenoxy) is 2. The number of aromatic nitrogens is 1. The fourth-order valence-corrected chi connectivity index (χ4v) is 4.78. The molecule has 4 rings (SSSR count). The molecular formula is C26H30FN5O4S. The van der Waals surface area contributed by atoms with Crippen LogP contribution < -0.4 is 15.0 Å². The average molecular weight is 528 g/mol. The topological polar surface area (TPSA) is 87.2 Å². The molecule has 1 aromatic heterocycles. The van der Waals surface area contributed by atoms with Gasteiger partial charge in [-0.2, -0.15) is 0 Å². The Morgan fingerprint density at radius 3 is 2.49 bits per heavy atom. The highest BCUT2D eigenvalue weighted by Gasteiger charge is 2.25. The standard InChI is InChI=1S/C26H30FN5O4S/c1-35-16-15-32(26(34)28-19-7-9-20(36-2)10-8-19)17-24-29-22(18-37-24)25(33)31-13-11-30(12-14-31)23-6-4-3-5-21(23)27/h3-10,18H,11-17H2,1-2H3,(H,28,34). The van der Waals surface area contributed by atoms with Crippen LogP contribution in [-0.4, -0.2) is 80.3 Å². The van der Waals surface area contributed by atoms with Crippen LogP contribution in [0.15, 0.2) is 53.9 Å². The number of halogens is 1. The Hall–Kier alpha value is -3.70. The quantitative estimate of drug-likeness (QED) is 0.454. The van der Waals surface area contributed by atoms with Crippen LogP contribution in [0.5, 0.6) is 5.75 Å². The van der Waals surface area contributed by atoms with E-state index in [1.54, 1.807) is 71.9 Å². The van der Waals surface area contributed by atoms with E-state index in [2.05, 4.69) is 10.3 Å². The molecule has 0 atom stereocenters. The van der Waals surface area contributed by atoms with Gasteiger partial charge in [0.2, 0.25) is 0 Å². The number of para-hydroxylation sites is 1. The lowest BCUT2D eigenvalue weighted by Crippen LogP contribution is -2.49. The monoisotopic (exact) mass is 527 g/mol. The molecule has 0 saturated carbocycles. The van der Waals surface area contributed by atoms with Crippen LogP contribution in [0, 0.1) is 5.82 Å². The second kappa shape index (κ2) is 12.5. The summed E-state index contributed by atoms with van der Waals surface area (Å²) in [4.78, 5) is 35.8. The zero-order chi connectivity index (χ0) is 26.2. The number of rotatable bonds is 9. The smallest absolute Gasteiger partial charge is 0.322 e. The molecule has 3 aromatic rings. The largest absolute Gasteiger partial charge is 0.497 e. The van der Waals surface area contributed by atoms with Gasteiger partial charge in [-0.1, -0.05) is 12.1 Å². The van der Waals surface area contributed by atoms with Gasteiger partial charge >= 0.3 is 6.03 Å². The maximum atomic E-state index is 14.1. The Morgan fingerprint density at radius 2 is 1.81 bits per heavy atom. The number of thiazole rings is 1. The van der Waals surface area contributed by atoms with Crippen molar-refractivity contribution in [3.63, 3.8) is 0 Å². The van der Waals surface area contributed by atoms with Gasteiger partial charge in [0.05, 0.1) is 25.9 Å². The molecule has 0 radical (unpaired) electrons. The molecule has 2 heterocycles. The molecule has 2 aromatic carbocycles. The molecule has 1 fully saturated rings. The van der Waals surface area contributed by atoms with Crippen molar-refractivity contribution in [1.82, 2.24) is 14.8 Å². The molecule has 0 bridgehead atoms. The lowest BCUT2D eigenvalue weighted by Gasteiger charge is -2.35. The molecule has 3 amide bonds. The summed E-state index contributed by atoms with van der Waals surface area (Å²) >= 11 is 1.33. The molecule has 196 valence electrons. The van der Waals surface area contributed by atoms with Gasteiger partial charge in [0.1, 0.15) is 22.3 Å². The van der Waals surface area contributed by atoms with Crippen molar-refractivity contribution in [3.8, 4) is 5.75 Å². The van der Waals surface area contributed by atoms with E-state index >= 15 is 0 Å². The summed E-state index contributed by atoms with van der Waals surface area (Å²) in [5.74, 6) is 0.269. The van der Waals surface area contributed by atoms with Crippen LogP contribution in [0.4, 0.5) is 20.6 Å². The van der Waals surface area contributed by atoms with Gasteiger partial charge in [0.15, 0.2) is 0 Å². The van der Waals surface area contributed by atoms with Gasteiger partial charge < -0.3 is 29.5 Å². The molecule has 1 aliphatic rings. The summed E-state index contributed by atoms with van der Waals surface area (Å²) in [6, 6.07) is 13.4. The van der Waals surface area contributed by atoms with E-state index < -0.39 is 0 Å². The first-order chi connectivity index (χ1) is 18.0. The van der Waals surface area contributed by atoms with Crippen molar-refractivity contribution in [1.29, 1.82) is 0 Å². The summed E-state index contributed by atoms with van der Waals surface area (Å²) in [6.45, 7) is 3.00. The number of urea groups is 1. The number of amides is 3. The van der Waals surface area contributed by atoms with Crippen molar-refractivity contribution in [2.24, 2.45) is 0 Å². The van der Waals surface area contributed by atoms with Gasteiger partial charge in [0.25, 0.3) is 5.91 Å². The summed E-state index contributed by atoms with van der Waals surface area (Å²) in [5, 5.41) is 5.24. The SMILES string of the molecule is COCCN(Cc1nc(C(=O)N2CCN(c3ccccc3F)CC2)cs1)C(=O)Nc1ccc(OC)cc1. The molecular weight excluding hydrogens is 497 g/mol. The minimum atomic E-state index is -0.297. The molecule has 0 spiro atoms. The van der Waals surface area contributed by atoms with E-state index in [-0.39, 0.29) is 24.3 Å². The van der Waals surface area contributed by atoms with Gasteiger partial charge in [-0.15, -0.1) is 11.3 Å². The normalized spacial score (nSPS) is 13.4. The van der Waals surface area contributed by atoms with E-state index in [9.17, 15) is 14.0 Å². The number of hydrogen-bond donors (Lipinski definition) is 1. The van der Waals surface area contributed by atoms with Crippen LogP contribution in [0.2, 0.25) is 0 Å². The maximum absolute atomic E-state index is 14.1. The van der Waals surface area contributed by atoms with Gasteiger partial charge in [-0.3, -0.25) is 4.79 Å². The Bertz CT molecular complexity index is 1200. The molecule has 9 nitrogen and oxygen atoms in total. The van der Waals surface area contributed by atoms with E-state index in [4.69, 9.17) is 9.47 Å². The number of nitrogens with one attached hydrogen (secondary N) is 1. The van der Waals surface area contributed by atoms with Gasteiger partial charge in [-0.05, 0) is 36.4 Å². The summed E-state index contributed by atoms with van der Waals surface area (Å²) in [6.07, 6.45) is 0. The lowest BCUT2D eigenvalue weighted by molar-refractivity contribution is 0.0741. The number of anilines is 2. The predicted molar refractivity (Wildman–Crippen MR) is 141 cm³/mol. The number of benzene rings is 2. The summed E-state index contributed by atoms with van der Waals surface area (Å²) in [7, 11) is 3.16.